The first kappa shape index (κ1) is 8.22. The van der Waals surface area contributed by atoms with Gasteiger partial charge in [-0.2, -0.15) is 8.42 Å². The molecule has 0 bridgehead atoms. The summed E-state index contributed by atoms with van der Waals surface area (Å²) >= 11 is 0. The molecule has 5 heteroatoms. The quantitative estimate of drug-likeness (QED) is 0.516. The predicted octanol–water partition coefficient (Wildman–Crippen LogP) is -1.03. The van der Waals surface area contributed by atoms with E-state index in [1.165, 1.54) is 0 Å². The highest BCUT2D eigenvalue weighted by Crippen LogP contribution is 2.33. The van der Waals surface area contributed by atoms with Gasteiger partial charge in [-0.25, -0.2) is 0 Å². The Hall–Kier alpha value is -0.390. The Balaban J connectivity index is 2.22. The van der Waals surface area contributed by atoms with Crippen molar-refractivity contribution in [2.75, 3.05) is 13.1 Å². The van der Waals surface area contributed by atoms with Crippen molar-refractivity contribution in [1.29, 1.82) is 0 Å². The number of nitrogens with one attached hydrogen (secondary N) is 2. The van der Waals surface area contributed by atoms with Crippen LogP contribution in [-0.2, 0) is 10.3 Å². The molecule has 1 heterocycles. The van der Waals surface area contributed by atoms with E-state index in [1.807, 2.05) is 0 Å². The van der Waals surface area contributed by atoms with E-state index in [2.05, 4.69) is 10.6 Å². The maximum absolute atomic E-state index is 10.8. The Morgan fingerprint density at radius 2 is 2.00 bits per heavy atom. The van der Waals surface area contributed by atoms with Gasteiger partial charge in [0.05, 0.1) is 6.04 Å². The molecule has 2 fully saturated rings. The van der Waals surface area contributed by atoms with E-state index >= 15 is 0 Å². The molecule has 1 unspecified atom stereocenters. The van der Waals surface area contributed by atoms with Crippen molar-refractivity contribution >= 4 is 15.3 Å². The van der Waals surface area contributed by atoms with Crippen LogP contribution >= 0.6 is 0 Å². The molecule has 1 atom stereocenters. The molecule has 4 nitrogen and oxygen atoms in total. The molecule has 68 valence electrons. The summed E-state index contributed by atoms with van der Waals surface area (Å²) in [4.78, 5) is 0.462. The van der Waals surface area contributed by atoms with E-state index in [9.17, 15) is 8.42 Å². The van der Waals surface area contributed by atoms with Gasteiger partial charge in [-0.1, -0.05) is 0 Å². The third kappa shape index (κ3) is 1.53. The third-order valence-electron chi connectivity index (χ3n) is 2.34. The SMILES string of the molecule is O=S(=O)=C1NCCNC1C1CC1. The number of hydrogen-bond acceptors (Lipinski definition) is 3. The number of rotatable bonds is 1. The lowest BCUT2D eigenvalue weighted by Crippen LogP contribution is -2.54. The van der Waals surface area contributed by atoms with Gasteiger partial charge in [0, 0.05) is 13.1 Å². The monoisotopic (exact) mass is 188 g/mol. The smallest absolute Gasteiger partial charge is 0.229 e. The maximum atomic E-state index is 10.8. The second kappa shape index (κ2) is 3.16. The van der Waals surface area contributed by atoms with Crippen LogP contribution in [0.2, 0.25) is 0 Å². The fourth-order valence-corrected chi connectivity index (χ4v) is 2.29. The van der Waals surface area contributed by atoms with E-state index in [0.29, 0.717) is 17.5 Å². The molecule has 0 radical (unpaired) electrons. The van der Waals surface area contributed by atoms with E-state index in [-0.39, 0.29) is 6.04 Å². The Morgan fingerprint density at radius 1 is 1.25 bits per heavy atom. The molecule has 0 aromatic carbocycles. The first-order valence-electron chi connectivity index (χ1n) is 4.22. The third-order valence-corrected chi connectivity index (χ3v) is 3.10. The van der Waals surface area contributed by atoms with Gasteiger partial charge in [-0.15, -0.1) is 0 Å². The van der Waals surface area contributed by atoms with E-state index in [1.54, 1.807) is 0 Å². The molecule has 2 rings (SSSR count). The fourth-order valence-electron chi connectivity index (χ4n) is 1.59. The Morgan fingerprint density at radius 3 is 2.58 bits per heavy atom. The maximum Gasteiger partial charge on any atom is 0.229 e. The highest BCUT2D eigenvalue weighted by atomic mass is 32.2. The predicted molar refractivity (Wildman–Crippen MR) is 46.4 cm³/mol. The van der Waals surface area contributed by atoms with E-state index < -0.39 is 10.3 Å². The molecular formula is C7H12N2O2S. The van der Waals surface area contributed by atoms with Gasteiger partial charge in [0.25, 0.3) is 0 Å². The first-order chi connectivity index (χ1) is 5.79. The molecule has 1 aliphatic heterocycles. The molecule has 0 amide bonds. The summed E-state index contributed by atoms with van der Waals surface area (Å²) in [7, 11) is -2.07. The summed E-state index contributed by atoms with van der Waals surface area (Å²) in [5.74, 6) is 0.547. The highest BCUT2D eigenvalue weighted by Gasteiger charge is 2.36. The molecule has 0 aromatic rings. The average Bonchev–Trinajstić information content (AvgIpc) is 2.87. The van der Waals surface area contributed by atoms with Crippen LogP contribution in [0.4, 0.5) is 0 Å². The number of hydrogen-bond donors (Lipinski definition) is 2. The second-order valence-corrected chi connectivity index (χ2v) is 4.20. The molecular weight excluding hydrogens is 176 g/mol. The summed E-state index contributed by atoms with van der Waals surface area (Å²) in [5, 5.41) is 6.15. The Kier molecular flexibility index (Phi) is 2.16. The summed E-state index contributed by atoms with van der Waals surface area (Å²) in [6, 6.07) is 0.0667. The van der Waals surface area contributed by atoms with Crippen molar-refractivity contribution in [2.45, 2.75) is 18.9 Å². The van der Waals surface area contributed by atoms with Gasteiger partial charge in [0.2, 0.25) is 10.3 Å². The van der Waals surface area contributed by atoms with Crippen LogP contribution < -0.4 is 10.6 Å². The van der Waals surface area contributed by atoms with Gasteiger partial charge >= 0.3 is 0 Å². The minimum atomic E-state index is -2.07. The van der Waals surface area contributed by atoms with Crippen LogP contribution in [-0.4, -0.2) is 32.5 Å². The Labute approximate surface area is 72.9 Å². The van der Waals surface area contributed by atoms with Crippen LogP contribution in [0.15, 0.2) is 0 Å². The zero-order valence-corrected chi connectivity index (χ0v) is 7.52. The summed E-state index contributed by atoms with van der Waals surface area (Å²) in [6.45, 7) is 1.58. The van der Waals surface area contributed by atoms with Crippen molar-refractivity contribution in [1.82, 2.24) is 10.6 Å². The van der Waals surface area contributed by atoms with Crippen LogP contribution in [0.3, 0.4) is 0 Å². The lowest BCUT2D eigenvalue weighted by molar-refractivity contribution is 0.520. The molecule has 2 N–H and O–H groups in total. The van der Waals surface area contributed by atoms with E-state index in [4.69, 9.17) is 0 Å². The fraction of sp³-hybridized carbons (Fsp3) is 0.857. The lowest BCUT2D eigenvalue weighted by atomic mass is 10.1. The van der Waals surface area contributed by atoms with Gasteiger partial charge < -0.3 is 5.32 Å². The topological polar surface area (TPSA) is 58.2 Å². The van der Waals surface area contributed by atoms with Crippen molar-refractivity contribution in [3.05, 3.63) is 0 Å². The van der Waals surface area contributed by atoms with Crippen LogP contribution in [0, 0.1) is 5.92 Å². The first-order valence-corrected chi connectivity index (χ1v) is 5.30. The van der Waals surface area contributed by atoms with Crippen molar-refractivity contribution in [3.63, 3.8) is 0 Å². The summed E-state index contributed by atoms with van der Waals surface area (Å²) in [6.07, 6.45) is 2.31. The van der Waals surface area contributed by atoms with Crippen molar-refractivity contribution in [3.8, 4) is 0 Å². The molecule has 0 aromatic heterocycles. The van der Waals surface area contributed by atoms with Crippen LogP contribution in [0.1, 0.15) is 12.8 Å². The Bertz CT molecular complexity index is 297. The minimum Gasteiger partial charge on any atom is -0.307 e. The van der Waals surface area contributed by atoms with Crippen molar-refractivity contribution < 1.29 is 8.42 Å². The van der Waals surface area contributed by atoms with Crippen LogP contribution in [0.25, 0.3) is 0 Å². The van der Waals surface area contributed by atoms with Crippen molar-refractivity contribution in [2.24, 2.45) is 5.92 Å². The average molecular weight is 188 g/mol. The van der Waals surface area contributed by atoms with Gasteiger partial charge in [0.15, 0.2) is 0 Å². The van der Waals surface area contributed by atoms with Gasteiger partial charge in [-0.05, 0) is 18.8 Å². The zero-order valence-electron chi connectivity index (χ0n) is 6.71. The normalized spacial score (nSPS) is 30.3. The van der Waals surface area contributed by atoms with Crippen LogP contribution in [0.5, 0.6) is 0 Å². The highest BCUT2D eigenvalue weighted by molar-refractivity contribution is 7.73. The second-order valence-electron chi connectivity index (χ2n) is 3.29. The van der Waals surface area contributed by atoms with E-state index in [0.717, 1.165) is 19.4 Å². The summed E-state index contributed by atoms with van der Waals surface area (Å²) in [5.41, 5.74) is 0. The molecule has 1 aliphatic carbocycles. The molecule has 0 spiro atoms. The zero-order chi connectivity index (χ0) is 8.55. The standard InChI is InChI=1S/C7H12N2O2S/c10-12(11)7-6(5-1-2-5)8-3-4-9-7/h5-6,8-9H,1-4H2. The molecule has 2 aliphatic rings. The lowest BCUT2D eigenvalue weighted by Gasteiger charge is -2.24. The summed E-state index contributed by atoms with van der Waals surface area (Å²) < 4.78 is 21.5. The molecule has 1 saturated carbocycles. The van der Waals surface area contributed by atoms with Gasteiger partial charge in [0.1, 0.15) is 4.99 Å². The molecule has 12 heavy (non-hydrogen) atoms. The number of piperazine rings is 1. The molecule has 1 saturated heterocycles. The largest absolute Gasteiger partial charge is 0.307 e. The van der Waals surface area contributed by atoms with Gasteiger partial charge in [-0.3, -0.25) is 5.32 Å². The minimum absolute atomic E-state index is 0.0667.